The lowest BCUT2D eigenvalue weighted by Crippen LogP contribution is -2.34. The van der Waals surface area contributed by atoms with Gasteiger partial charge in [0.25, 0.3) is 5.91 Å². The van der Waals surface area contributed by atoms with Gasteiger partial charge in [0.1, 0.15) is 12.2 Å². The molecule has 0 saturated heterocycles. The zero-order valence-corrected chi connectivity index (χ0v) is 12.4. The van der Waals surface area contributed by atoms with Crippen molar-refractivity contribution in [2.45, 2.75) is 20.4 Å². The van der Waals surface area contributed by atoms with E-state index >= 15 is 0 Å². The summed E-state index contributed by atoms with van der Waals surface area (Å²) < 4.78 is 7.48. The average molecular weight is 317 g/mol. The summed E-state index contributed by atoms with van der Waals surface area (Å²) in [4.78, 5) is 24.8. The summed E-state index contributed by atoms with van der Waals surface area (Å²) in [6.45, 7) is 4.66. The second-order valence-corrected chi connectivity index (χ2v) is 4.71. The van der Waals surface area contributed by atoms with Gasteiger partial charge in [0.05, 0.1) is 6.61 Å². The fourth-order valence-electron chi connectivity index (χ4n) is 1.58. The van der Waals surface area contributed by atoms with Crippen molar-refractivity contribution in [3.05, 3.63) is 22.4 Å². The molecule has 0 aliphatic heterocycles. The third-order valence-electron chi connectivity index (χ3n) is 2.44. The number of hydrogen-bond donors (Lipinski definition) is 0. The molecular formula is C12H17BrN2O3. The molecule has 0 atom stereocenters. The van der Waals surface area contributed by atoms with E-state index in [0.717, 1.165) is 4.47 Å². The van der Waals surface area contributed by atoms with Crippen LogP contribution in [-0.2, 0) is 16.1 Å². The van der Waals surface area contributed by atoms with Crippen molar-refractivity contribution >= 4 is 27.8 Å². The van der Waals surface area contributed by atoms with E-state index in [1.165, 1.54) is 4.90 Å². The smallest absolute Gasteiger partial charge is 0.325 e. The predicted octanol–water partition coefficient (Wildman–Crippen LogP) is 1.91. The van der Waals surface area contributed by atoms with Gasteiger partial charge in [-0.05, 0) is 35.8 Å². The molecule has 0 unspecified atom stereocenters. The summed E-state index contributed by atoms with van der Waals surface area (Å²) in [6.07, 6.45) is 1.84. The summed E-state index contributed by atoms with van der Waals surface area (Å²) in [6, 6.07) is 1.74. The van der Waals surface area contributed by atoms with Crippen LogP contribution in [0.1, 0.15) is 24.3 Å². The largest absolute Gasteiger partial charge is 0.465 e. The minimum atomic E-state index is -0.401. The number of likely N-dealkylation sites (N-methyl/N-ethyl adjacent to an activating group) is 1. The second kappa shape index (κ2) is 6.58. The van der Waals surface area contributed by atoms with Crippen LogP contribution in [0.5, 0.6) is 0 Å². The first kappa shape index (κ1) is 14.8. The van der Waals surface area contributed by atoms with Gasteiger partial charge >= 0.3 is 5.97 Å². The number of ether oxygens (including phenoxy) is 1. The molecule has 1 heterocycles. The fraction of sp³-hybridized carbons (Fsp3) is 0.500. The Hall–Kier alpha value is -1.30. The molecule has 18 heavy (non-hydrogen) atoms. The molecule has 0 N–H and O–H groups in total. The maximum absolute atomic E-state index is 12.2. The Morgan fingerprint density at radius 3 is 2.67 bits per heavy atom. The van der Waals surface area contributed by atoms with Crippen LogP contribution in [0.25, 0.3) is 0 Å². The van der Waals surface area contributed by atoms with Crippen LogP contribution in [0, 0.1) is 0 Å². The fourth-order valence-corrected chi connectivity index (χ4v) is 2.05. The first-order chi connectivity index (χ1) is 8.49. The van der Waals surface area contributed by atoms with E-state index in [2.05, 4.69) is 15.9 Å². The number of aromatic nitrogens is 1. The zero-order valence-electron chi connectivity index (χ0n) is 10.8. The Labute approximate surface area is 115 Å². The van der Waals surface area contributed by atoms with Crippen LogP contribution in [0.2, 0.25) is 0 Å². The van der Waals surface area contributed by atoms with Crippen LogP contribution in [0.3, 0.4) is 0 Å². The summed E-state index contributed by atoms with van der Waals surface area (Å²) >= 11 is 3.33. The van der Waals surface area contributed by atoms with Crippen molar-refractivity contribution in [1.82, 2.24) is 9.47 Å². The van der Waals surface area contributed by atoms with Gasteiger partial charge in [-0.15, -0.1) is 0 Å². The highest BCUT2D eigenvalue weighted by molar-refractivity contribution is 9.10. The molecule has 6 heteroatoms. The van der Waals surface area contributed by atoms with Gasteiger partial charge in [-0.25, -0.2) is 0 Å². The molecule has 1 aromatic rings. The number of hydrogen-bond acceptors (Lipinski definition) is 3. The van der Waals surface area contributed by atoms with Gasteiger partial charge in [-0.3, -0.25) is 9.59 Å². The molecule has 5 nitrogen and oxygen atoms in total. The normalized spacial score (nSPS) is 10.2. The first-order valence-corrected chi connectivity index (χ1v) is 6.55. The number of halogens is 1. The van der Waals surface area contributed by atoms with Crippen molar-refractivity contribution < 1.29 is 14.3 Å². The van der Waals surface area contributed by atoms with Crippen molar-refractivity contribution in [2.75, 3.05) is 20.2 Å². The van der Waals surface area contributed by atoms with Gasteiger partial charge < -0.3 is 14.2 Å². The second-order valence-electron chi connectivity index (χ2n) is 3.80. The van der Waals surface area contributed by atoms with E-state index < -0.39 is 5.97 Å². The zero-order chi connectivity index (χ0) is 13.7. The summed E-state index contributed by atoms with van der Waals surface area (Å²) in [5, 5.41) is 0. The van der Waals surface area contributed by atoms with Crippen LogP contribution in [-0.4, -0.2) is 41.5 Å². The van der Waals surface area contributed by atoms with Crippen molar-refractivity contribution in [2.24, 2.45) is 0 Å². The molecule has 0 spiro atoms. The molecule has 0 bridgehead atoms. The quantitative estimate of drug-likeness (QED) is 0.780. The molecule has 0 aromatic carbocycles. The van der Waals surface area contributed by atoms with E-state index in [1.807, 2.05) is 17.7 Å². The van der Waals surface area contributed by atoms with Crippen LogP contribution in [0.15, 0.2) is 16.7 Å². The molecule has 0 aliphatic rings. The minimum absolute atomic E-state index is 0.0425. The third kappa shape index (κ3) is 3.60. The average Bonchev–Trinajstić information content (AvgIpc) is 2.69. The van der Waals surface area contributed by atoms with Crippen LogP contribution in [0.4, 0.5) is 0 Å². The minimum Gasteiger partial charge on any atom is -0.465 e. The van der Waals surface area contributed by atoms with Gasteiger partial charge in [0.15, 0.2) is 0 Å². The molecule has 0 saturated carbocycles. The molecule has 0 fully saturated rings. The Morgan fingerprint density at radius 2 is 2.11 bits per heavy atom. The summed E-state index contributed by atoms with van der Waals surface area (Å²) in [7, 11) is 1.58. The van der Waals surface area contributed by atoms with E-state index in [0.29, 0.717) is 18.8 Å². The van der Waals surface area contributed by atoms with Crippen molar-refractivity contribution in [3.63, 3.8) is 0 Å². The predicted molar refractivity (Wildman–Crippen MR) is 71.4 cm³/mol. The van der Waals surface area contributed by atoms with E-state index in [-0.39, 0.29) is 12.5 Å². The van der Waals surface area contributed by atoms with E-state index in [4.69, 9.17) is 4.74 Å². The molecule has 100 valence electrons. The Kier molecular flexibility index (Phi) is 5.40. The standard InChI is InChI=1S/C12H17BrN2O3/c1-4-15-7-9(13)6-10(15)12(17)14(3)8-11(16)18-5-2/h6-7H,4-5,8H2,1-3H3. The number of amides is 1. The highest BCUT2D eigenvalue weighted by atomic mass is 79.9. The molecule has 0 radical (unpaired) electrons. The van der Waals surface area contributed by atoms with E-state index in [1.54, 1.807) is 20.0 Å². The van der Waals surface area contributed by atoms with Gasteiger partial charge in [0.2, 0.25) is 0 Å². The molecule has 1 rings (SSSR count). The number of rotatable bonds is 5. The third-order valence-corrected chi connectivity index (χ3v) is 2.87. The summed E-state index contributed by atoms with van der Waals surface area (Å²) in [5.74, 6) is -0.599. The monoisotopic (exact) mass is 316 g/mol. The van der Waals surface area contributed by atoms with Crippen LogP contribution >= 0.6 is 15.9 Å². The van der Waals surface area contributed by atoms with Crippen molar-refractivity contribution in [3.8, 4) is 0 Å². The van der Waals surface area contributed by atoms with Gasteiger partial charge in [-0.2, -0.15) is 0 Å². The number of esters is 1. The number of carbonyl (C=O) groups excluding carboxylic acids is 2. The lowest BCUT2D eigenvalue weighted by atomic mass is 10.3. The molecule has 1 aromatic heterocycles. The van der Waals surface area contributed by atoms with Crippen LogP contribution < -0.4 is 0 Å². The Balaban J connectivity index is 2.76. The van der Waals surface area contributed by atoms with E-state index in [9.17, 15) is 9.59 Å². The molecule has 0 aliphatic carbocycles. The number of aryl methyl sites for hydroxylation is 1. The highest BCUT2D eigenvalue weighted by Crippen LogP contribution is 2.16. The van der Waals surface area contributed by atoms with Gasteiger partial charge in [0, 0.05) is 24.3 Å². The maximum atomic E-state index is 12.2. The Morgan fingerprint density at radius 1 is 1.44 bits per heavy atom. The Bertz CT molecular complexity index is 443. The SMILES string of the molecule is CCOC(=O)CN(C)C(=O)c1cc(Br)cn1CC. The lowest BCUT2D eigenvalue weighted by Gasteiger charge is -2.16. The highest BCUT2D eigenvalue weighted by Gasteiger charge is 2.19. The topological polar surface area (TPSA) is 51.5 Å². The lowest BCUT2D eigenvalue weighted by molar-refractivity contribution is -0.143. The van der Waals surface area contributed by atoms with Gasteiger partial charge in [-0.1, -0.05) is 0 Å². The first-order valence-electron chi connectivity index (χ1n) is 5.76. The van der Waals surface area contributed by atoms with Crippen molar-refractivity contribution in [1.29, 1.82) is 0 Å². The molecule has 1 amide bonds. The maximum Gasteiger partial charge on any atom is 0.325 e. The number of nitrogens with zero attached hydrogens (tertiary/aromatic N) is 2. The molecular weight excluding hydrogens is 300 g/mol. The summed E-state index contributed by atoms with van der Waals surface area (Å²) in [5.41, 5.74) is 0.552. The number of carbonyl (C=O) groups is 2.